The molecule has 0 aromatic carbocycles. The highest BCUT2D eigenvalue weighted by molar-refractivity contribution is 5.49. The normalized spacial score (nSPS) is 12.3. The quantitative estimate of drug-likeness (QED) is 0.877. The van der Waals surface area contributed by atoms with Crippen molar-refractivity contribution in [3.63, 3.8) is 0 Å². The van der Waals surface area contributed by atoms with Gasteiger partial charge in [0.25, 0.3) is 0 Å². The van der Waals surface area contributed by atoms with Crippen molar-refractivity contribution in [1.82, 2.24) is 15.3 Å². The van der Waals surface area contributed by atoms with Crippen LogP contribution in [0.1, 0.15) is 41.8 Å². The number of nitrogens with two attached hydrogens (primary N) is 1. The third kappa shape index (κ3) is 3.14. The number of hydrogen-bond acceptors (Lipinski definition) is 4. The summed E-state index contributed by atoms with van der Waals surface area (Å²) in [4.78, 5) is 8.73. The van der Waals surface area contributed by atoms with Crippen LogP contribution in [0.2, 0.25) is 0 Å². The molecule has 2 rings (SSSR count). The van der Waals surface area contributed by atoms with Gasteiger partial charge in [-0.25, -0.2) is 4.98 Å². The summed E-state index contributed by atoms with van der Waals surface area (Å²) in [5, 5.41) is 3.53. The first kappa shape index (κ1) is 14.5. The molecule has 4 nitrogen and oxygen atoms in total. The van der Waals surface area contributed by atoms with Crippen LogP contribution in [0.3, 0.4) is 0 Å². The summed E-state index contributed by atoms with van der Waals surface area (Å²) in [6, 6.07) is 6.07. The van der Waals surface area contributed by atoms with E-state index in [9.17, 15) is 0 Å². The molecule has 0 fully saturated rings. The van der Waals surface area contributed by atoms with Gasteiger partial charge < -0.3 is 11.1 Å². The number of aromatic nitrogens is 2. The van der Waals surface area contributed by atoms with Gasteiger partial charge in [0, 0.05) is 18.0 Å². The molecule has 0 aliphatic carbocycles. The Labute approximate surface area is 120 Å². The minimum Gasteiger partial charge on any atom is -0.383 e. The topological polar surface area (TPSA) is 63.8 Å². The van der Waals surface area contributed by atoms with Crippen molar-refractivity contribution >= 4 is 5.82 Å². The van der Waals surface area contributed by atoms with Gasteiger partial charge in [0.15, 0.2) is 0 Å². The highest BCUT2D eigenvalue weighted by Crippen LogP contribution is 2.27. The van der Waals surface area contributed by atoms with E-state index in [1.807, 2.05) is 18.3 Å². The van der Waals surface area contributed by atoms with Crippen LogP contribution in [0.4, 0.5) is 5.82 Å². The lowest BCUT2D eigenvalue weighted by atomic mass is 9.98. The van der Waals surface area contributed by atoms with E-state index in [2.05, 4.69) is 42.1 Å². The van der Waals surface area contributed by atoms with Gasteiger partial charge in [-0.2, -0.15) is 0 Å². The molecule has 0 amide bonds. The largest absolute Gasteiger partial charge is 0.383 e. The number of aryl methyl sites for hydroxylation is 2. The summed E-state index contributed by atoms with van der Waals surface area (Å²) in [5.41, 5.74) is 10.4. The maximum absolute atomic E-state index is 6.09. The molecule has 2 heterocycles. The molecule has 0 saturated heterocycles. The molecule has 0 spiro atoms. The summed E-state index contributed by atoms with van der Waals surface area (Å²) < 4.78 is 0. The lowest BCUT2D eigenvalue weighted by Crippen LogP contribution is -2.26. The highest BCUT2D eigenvalue weighted by Gasteiger charge is 2.20. The van der Waals surface area contributed by atoms with Crippen molar-refractivity contribution in [2.75, 3.05) is 12.3 Å². The van der Waals surface area contributed by atoms with Crippen LogP contribution >= 0.6 is 0 Å². The zero-order valence-electron chi connectivity index (χ0n) is 12.4. The number of nitrogens with zero attached hydrogens (tertiary/aromatic N) is 2. The summed E-state index contributed by atoms with van der Waals surface area (Å²) in [5.74, 6) is 0.571. The molecule has 1 atom stereocenters. The van der Waals surface area contributed by atoms with Crippen LogP contribution in [0.15, 0.2) is 30.6 Å². The molecule has 4 heteroatoms. The first-order valence-electron chi connectivity index (χ1n) is 7.00. The van der Waals surface area contributed by atoms with Gasteiger partial charge >= 0.3 is 0 Å². The van der Waals surface area contributed by atoms with Gasteiger partial charge in [0.05, 0.1) is 11.7 Å². The zero-order valence-corrected chi connectivity index (χ0v) is 12.4. The Kier molecular flexibility index (Phi) is 4.69. The Hall–Kier alpha value is -1.94. The van der Waals surface area contributed by atoms with E-state index in [0.717, 1.165) is 29.8 Å². The Morgan fingerprint density at radius 2 is 1.95 bits per heavy atom. The fourth-order valence-corrected chi connectivity index (χ4v) is 2.33. The van der Waals surface area contributed by atoms with Crippen LogP contribution in [-0.2, 0) is 0 Å². The molecular formula is C16H22N4. The summed E-state index contributed by atoms with van der Waals surface area (Å²) in [6.07, 6.45) is 4.64. The van der Waals surface area contributed by atoms with Crippen LogP contribution in [0.25, 0.3) is 0 Å². The number of nitrogen functional groups attached to an aromatic ring is 1. The van der Waals surface area contributed by atoms with E-state index in [1.54, 1.807) is 6.20 Å². The Morgan fingerprint density at radius 3 is 2.60 bits per heavy atom. The fraction of sp³-hybridized carbons (Fsp3) is 0.375. The second-order valence-electron chi connectivity index (χ2n) is 5.07. The van der Waals surface area contributed by atoms with Gasteiger partial charge in [-0.3, -0.25) is 4.98 Å². The third-order valence-corrected chi connectivity index (χ3v) is 3.36. The van der Waals surface area contributed by atoms with Crippen molar-refractivity contribution < 1.29 is 0 Å². The highest BCUT2D eigenvalue weighted by atomic mass is 15.0. The molecule has 0 radical (unpaired) electrons. The van der Waals surface area contributed by atoms with Crippen molar-refractivity contribution in [2.24, 2.45) is 0 Å². The minimum atomic E-state index is -0.0106. The molecule has 1 unspecified atom stereocenters. The van der Waals surface area contributed by atoms with E-state index in [0.29, 0.717) is 5.82 Å². The predicted octanol–water partition coefficient (Wildman–Crippen LogP) is 2.76. The zero-order chi connectivity index (χ0) is 14.5. The van der Waals surface area contributed by atoms with Crippen molar-refractivity contribution in [2.45, 2.75) is 33.2 Å². The van der Waals surface area contributed by atoms with Crippen LogP contribution < -0.4 is 11.1 Å². The molecule has 106 valence electrons. The van der Waals surface area contributed by atoms with Crippen LogP contribution in [0.5, 0.6) is 0 Å². The Balaban J connectivity index is 2.47. The van der Waals surface area contributed by atoms with E-state index in [-0.39, 0.29) is 6.04 Å². The molecule has 0 aliphatic rings. The molecule has 0 aliphatic heterocycles. The average molecular weight is 270 g/mol. The van der Waals surface area contributed by atoms with Crippen LogP contribution in [-0.4, -0.2) is 16.5 Å². The number of rotatable bonds is 5. The van der Waals surface area contributed by atoms with Gasteiger partial charge in [-0.05, 0) is 56.1 Å². The molecule has 3 N–H and O–H groups in total. The van der Waals surface area contributed by atoms with Crippen molar-refractivity contribution in [3.05, 3.63) is 53.0 Å². The second-order valence-corrected chi connectivity index (χ2v) is 5.07. The first-order chi connectivity index (χ1) is 9.63. The summed E-state index contributed by atoms with van der Waals surface area (Å²) >= 11 is 0. The maximum atomic E-state index is 6.09. The van der Waals surface area contributed by atoms with Gasteiger partial charge in [-0.15, -0.1) is 0 Å². The monoisotopic (exact) mass is 270 g/mol. The number of nitrogens with one attached hydrogen (secondary N) is 1. The van der Waals surface area contributed by atoms with Gasteiger partial charge in [0.1, 0.15) is 5.82 Å². The maximum Gasteiger partial charge on any atom is 0.128 e. The predicted molar refractivity (Wildman–Crippen MR) is 82.5 cm³/mol. The number of pyridine rings is 2. The molecule has 20 heavy (non-hydrogen) atoms. The van der Waals surface area contributed by atoms with E-state index in [4.69, 9.17) is 5.73 Å². The lowest BCUT2D eigenvalue weighted by Gasteiger charge is -2.21. The smallest absolute Gasteiger partial charge is 0.128 e. The van der Waals surface area contributed by atoms with E-state index >= 15 is 0 Å². The molecular weight excluding hydrogens is 248 g/mol. The summed E-state index contributed by atoms with van der Waals surface area (Å²) in [7, 11) is 0. The van der Waals surface area contributed by atoms with E-state index < -0.39 is 0 Å². The molecule has 0 saturated carbocycles. The lowest BCUT2D eigenvalue weighted by molar-refractivity contribution is 0.584. The Morgan fingerprint density at radius 1 is 1.20 bits per heavy atom. The van der Waals surface area contributed by atoms with Crippen molar-refractivity contribution in [3.8, 4) is 0 Å². The Bertz CT molecular complexity index is 560. The minimum absolute atomic E-state index is 0.0106. The standard InChI is InChI=1S/C16H22N4/c1-4-7-19-15(13-10-11(2)5-8-18-13)14-12(3)6-9-20-16(14)17/h5-6,8-10,15,19H,4,7H2,1-3H3,(H2,17,20). The fourth-order valence-electron chi connectivity index (χ4n) is 2.33. The average Bonchev–Trinajstić information content (AvgIpc) is 2.42. The second kappa shape index (κ2) is 6.48. The third-order valence-electron chi connectivity index (χ3n) is 3.36. The van der Waals surface area contributed by atoms with E-state index in [1.165, 1.54) is 5.56 Å². The SMILES string of the molecule is CCCNC(c1cc(C)ccn1)c1c(C)ccnc1N. The summed E-state index contributed by atoms with van der Waals surface area (Å²) in [6.45, 7) is 7.19. The van der Waals surface area contributed by atoms with Crippen molar-refractivity contribution in [1.29, 1.82) is 0 Å². The number of anilines is 1. The first-order valence-corrected chi connectivity index (χ1v) is 7.00. The van der Waals surface area contributed by atoms with Crippen LogP contribution in [0, 0.1) is 13.8 Å². The molecule has 2 aromatic rings. The molecule has 0 bridgehead atoms. The molecule has 2 aromatic heterocycles. The van der Waals surface area contributed by atoms with Gasteiger partial charge in [-0.1, -0.05) is 6.92 Å². The van der Waals surface area contributed by atoms with Gasteiger partial charge in [0.2, 0.25) is 0 Å². The number of hydrogen-bond donors (Lipinski definition) is 2.